The Morgan fingerprint density at radius 3 is 2.48 bits per heavy atom. The molecule has 0 fully saturated rings. The first-order chi connectivity index (χ1) is 9.86. The zero-order valence-corrected chi connectivity index (χ0v) is 10.7. The predicted octanol–water partition coefficient (Wildman–Crippen LogP) is 3.41. The number of aromatic nitrogens is 2. The van der Waals surface area contributed by atoms with E-state index in [9.17, 15) is 13.2 Å². The van der Waals surface area contributed by atoms with Crippen LogP contribution in [0, 0.1) is 0 Å². The van der Waals surface area contributed by atoms with Crippen molar-refractivity contribution in [2.24, 2.45) is 0 Å². The van der Waals surface area contributed by atoms with E-state index in [1.165, 1.54) is 24.3 Å². The molecular weight excluding hydrogens is 281 g/mol. The minimum atomic E-state index is -4.46. The number of fused-ring (bicyclic) bond motifs is 1. The summed E-state index contributed by atoms with van der Waals surface area (Å²) in [5, 5.41) is 0. The number of alkyl halides is 3. The van der Waals surface area contributed by atoms with Gasteiger partial charge in [0.25, 0.3) is 0 Å². The van der Waals surface area contributed by atoms with E-state index in [0.717, 1.165) is 6.07 Å². The lowest BCUT2D eigenvalue weighted by Crippen LogP contribution is -2.07. The van der Waals surface area contributed by atoms with Gasteiger partial charge in [0.2, 0.25) is 0 Å². The summed E-state index contributed by atoms with van der Waals surface area (Å²) in [6.45, 7) is 0. The lowest BCUT2D eigenvalue weighted by atomic mass is 10.1. The number of hydrogen-bond acceptors (Lipinski definition) is 3. The minimum absolute atomic E-state index is 0.0285. The Labute approximate surface area is 117 Å². The molecule has 0 aliphatic carbocycles. The van der Waals surface area contributed by atoms with Gasteiger partial charge in [-0.2, -0.15) is 13.2 Å². The van der Waals surface area contributed by atoms with Gasteiger partial charge in [-0.25, -0.2) is 4.98 Å². The first kappa shape index (κ1) is 13.3. The predicted molar refractivity (Wildman–Crippen MR) is 75.4 cm³/mol. The van der Waals surface area contributed by atoms with Gasteiger partial charge in [0.1, 0.15) is 11.3 Å². The fraction of sp³-hybridized carbons (Fsp3) is 0.0714. The number of hydrogen-bond donors (Lipinski definition) is 3. The van der Waals surface area contributed by atoms with Crippen molar-refractivity contribution in [1.29, 1.82) is 0 Å². The molecule has 0 spiro atoms. The molecule has 0 unspecified atom stereocenters. The molecule has 0 saturated carbocycles. The Balaban J connectivity index is 2.25. The summed E-state index contributed by atoms with van der Waals surface area (Å²) < 4.78 is 39.1. The van der Waals surface area contributed by atoms with Gasteiger partial charge < -0.3 is 16.5 Å². The van der Waals surface area contributed by atoms with E-state index in [1.807, 2.05) is 0 Å². The van der Waals surface area contributed by atoms with Crippen LogP contribution in [0.4, 0.5) is 24.5 Å². The second-order valence-electron chi connectivity index (χ2n) is 4.64. The van der Waals surface area contributed by atoms with Gasteiger partial charge in [0.15, 0.2) is 0 Å². The second-order valence-corrected chi connectivity index (χ2v) is 4.64. The summed E-state index contributed by atoms with van der Waals surface area (Å²) in [6, 6.07) is 8.33. The Kier molecular flexibility index (Phi) is 2.79. The quantitative estimate of drug-likeness (QED) is 0.601. The van der Waals surface area contributed by atoms with E-state index >= 15 is 0 Å². The molecule has 0 radical (unpaired) electrons. The molecule has 3 aromatic rings. The molecule has 0 aliphatic heterocycles. The number of imidazole rings is 1. The summed E-state index contributed by atoms with van der Waals surface area (Å²) in [6.07, 6.45) is -4.46. The Bertz CT molecular complexity index is 821. The number of nitrogen functional groups attached to an aromatic ring is 2. The van der Waals surface area contributed by atoms with Crippen molar-refractivity contribution in [2.75, 3.05) is 11.5 Å². The van der Waals surface area contributed by atoms with Crippen molar-refractivity contribution >= 4 is 22.4 Å². The Hall–Kier alpha value is -2.70. The molecule has 0 saturated heterocycles. The molecule has 7 heteroatoms. The zero-order chi connectivity index (χ0) is 15.2. The number of rotatable bonds is 1. The fourth-order valence-corrected chi connectivity index (χ4v) is 2.23. The van der Waals surface area contributed by atoms with Crippen LogP contribution in [-0.2, 0) is 6.18 Å². The minimum Gasteiger partial charge on any atom is -0.399 e. The van der Waals surface area contributed by atoms with Gasteiger partial charge in [0.05, 0.1) is 16.8 Å². The molecule has 21 heavy (non-hydrogen) atoms. The standard InChI is InChI=1S/C14H11F3N4/c15-14(16,17)9-4-2-1-3-8(9)13-20-11-6-7(18)5-10(19)12(11)21-13/h1-6H,18-19H2,(H,20,21). The summed E-state index contributed by atoms with van der Waals surface area (Å²) in [5.41, 5.74) is 12.3. The maximum Gasteiger partial charge on any atom is 0.417 e. The lowest BCUT2D eigenvalue weighted by molar-refractivity contribution is -0.137. The van der Waals surface area contributed by atoms with E-state index in [4.69, 9.17) is 11.5 Å². The van der Waals surface area contributed by atoms with Crippen LogP contribution in [0.5, 0.6) is 0 Å². The van der Waals surface area contributed by atoms with E-state index in [0.29, 0.717) is 22.4 Å². The van der Waals surface area contributed by atoms with Crippen molar-refractivity contribution in [3.63, 3.8) is 0 Å². The monoisotopic (exact) mass is 292 g/mol. The number of benzene rings is 2. The fourth-order valence-electron chi connectivity index (χ4n) is 2.23. The van der Waals surface area contributed by atoms with Crippen molar-refractivity contribution in [3.05, 3.63) is 42.0 Å². The van der Waals surface area contributed by atoms with Crippen LogP contribution in [0.3, 0.4) is 0 Å². The molecule has 1 heterocycles. The molecule has 108 valence electrons. The maximum absolute atomic E-state index is 13.0. The lowest BCUT2D eigenvalue weighted by Gasteiger charge is -2.10. The highest BCUT2D eigenvalue weighted by Crippen LogP contribution is 2.37. The van der Waals surface area contributed by atoms with Crippen molar-refractivity contribution in [2.45, 2.75) is 6.18 Å². The number of H-pyrrole nitrogens is 1. The highest BCUT2D eigenvalue weighted by Gasteiger charge is 2.34. The highest BCUT2D eigenvalue weighted by molar-refractivity contribution is 5.92. The van der Waals surface area contributed by atoms with Gasteiger partial charge >= 0.3 is 6.18 Å². The molecule has 3 rings (SSSR count). The molecule has 0 amide bonds. The Morgan fingerprint density at radius 2 is 1.76 bits per heavy atom. The molecule has 2 aromatic carbocycles. The van der Waals surface area contributed by atoms with Crippen molar-refractivity contribution < 1.29 is 13.2 Å². The first-order valence-corrected chi connectivity index (χ1v) is 6.07. The van der Waals surface area contributed by atoms with E-state index < -0.39 is 11.7 Å². The third-order valence-electron chi connectivity index (χ3n) is 3.13. The van der Waals surface area contributed by atoms with Crippen molar-refractivity contribution in [3.8, 4) is 11.4 Å². The number of nitrogens with one attached hydrogen (secondary N) is 1. The van der Waals surface area contributed by atoms with Crippen LogP contribution in [0.25, 0.3) is 22.4 Å². The second kappa shape index (κ2) is 4.41. The van der Waals surface area contributed by atoms with Gasteiger partial charge in [-0.05, 0) is 18.2 Å². The van der Waals surface area contributed by atoms with E-state index in [1.54, 1.807) is 6.07 Å². The molecule has 0 aliphatic rings. The van der Waals surface area contributed by atoms with Crippen molar-refractivity contribution in [1.82, 2.24) is 9.97 Å². The van der Waals surface area contributed by atoms with Crippen LogP contribution in [0.15, 0.2) is 36.4 Å². The normalized spacial score (nSPS) is 12.0. The van der Waals surface area contributed by atoms with Crippen LogP contribution >= 0.6 is 0 Å². The Morgan fingerprint density at radius 1 is 1.05 bits per heavy atom. The van der Waals surface area contributed by atoms with Gasteiger partial charge in [0, 0.05) is 11.3 Å². The third-order valence-corrected chi connectivity index (χ3v) is 3.13. The van der Waals surface area contributed by atoms with Crippen LogP contribution in [0.2, 0.25) is 0 Å². The van der Waals surface area contributed by atoms with Crippen LogP contribution in [0.1, 0.15) is 5.56 Å². The highest BCUT2D eigenvalue weighted by atomic mass is 19.4. The number of halogens is 3. The molecule has 0 bridgehead atoms. The number of nitrogens with zero attached hydrogens (tertiary/aromatic N) is 1. The number of nitrogens with two attached hydrogens (primary N) is 2. The topological polar surface area (TPSA) is 80.7 Å². The van der Waals surface area contributed by atoms with Gasteiger partial charge in [-0.15, -0.1) is 0 Å². The van der Waals surface area contributed by atoms with Crippen LogP contribution < -0.4 is 11.5 Å². The maximum atomic E-state index is 13.0. The summed E-state index contributed by atoms with van der Waals surface area (Å²) >= 11 is 0. The average Bonchev–Trinajstić information content (AvgIpc) is 2.81. The smallest absolute Gasteiger partial charge is 0.399 e. The van der Waals surface area contributed by atoms with Gasteiger partial charge in [-0.3, -0.25) is 0 Å². The first-order valence-electron chi connectivity index (χ1n) is 6.07. The molecule has 0 atom stereocenters. The molecular formula is C14H11F3N4. The summed E-state index contributed by atoms with van der Waals surface area (Å²) in [4.78, 5) is 7.00. The van der Waals surface area contributed by atoms with E-state index in [2.05, 4.69) is 9.97 Å². The third kappa shape index (κ3) is 2.26. The summed E-state index contributed by atoms with van der Waals surface area (Å²) in [5.74, 6) is 0.107. The van der Waals surface area contributed by atoms with Gasteiger partial charge in [-0.1, -0.05) is 18.2 Å². The van der Waals surface area contributed by atoms with E-state index in [-0.39, 0.29) is 11.4 Å². The molecule has 1 aromatic heterocycles. The number of anilines is 2. The SMILES string of the molecule is Nc1cc(N)c2nc(-c3ccccc3C(F)(F)F)[nH]c2c1. The molecule has 5 N–H and O–H groups in total. The zero-order valence-electron chi connectivity index (χ0n) is 10.7. The average molecular weight is 292 g/mol. The number of aromatic amines is 1. The van der Waals surface area contributed by atoms with Crippen LogP contribution in [-0.4, -0.2) is 9.97 Å². The summed E-state index contributed by atoms with van der Waals surface area (Å²) in [7, 11) is 0. The largest absolute Gasteiger partial charge is 0.417 e. The molecule has 4 nitrogen and oxygen atoms in total.